The molecule has 0 aromatic carbocycles. The zero-order chi connectivity index (χ0) is 14.3. The minimum Gasteiger partial charge on any atom is -0.345 e. The van der Waals surface area contributed by atoms with E-state index in [-0.39, 0.29) is 17.0 Å². The first-order valence-corrected chi connectivity index (χ1v) is 8.07. The third-order valence-corrected chi connectivity index (χ3v) is 6.87. The summed E-state index contributed by atoms with van der Waals surface area (Å²) in [5.74, 6) is 1.56. The fraction of sp³-hybridized carbons (Fsp3) is 0.647. The van der Waals surface area contributed by atoms with E-state index < -0.39 is 0 Å². The number of nitrogens with two attached hydrogens (primary N) is 1. The first-order valence-electron chi connectivity index (χ1n) is 8.07. The summed E-state index contributed by atoms with van der Waals surface area (Å²) < 4.78 is 0. The lowest BCUT2D eigenvalue weighted by atomic mass is 9.51. The van der Waals surface area contributed by atoms with Crippen LogP contribution in [0.2, 0.25) is 0 Å². The largest absolute Gasteiger partial charge is 0.345 e. The Hall–Kier alpha value is -1.42. The number of pyridine rings is 1. The number of amides is 1. The lowest BCUT2D eigenvalue weighted by molar-refractivity contribution is -0.0487. The Morgan fingerprint density at radius 3 is 3.00 bits per heavy atom. The summed E-state index contributed by atoms with van der Waals surface area (Å²) in [6.07, 6.45) is 8.65. The SMILES string of the molecule is N[C@]12CC3CC4C[C@@](NC(=O)c5ccccn5)(C1)C4(C3)C2. The highest BCUT2D eigenvalue weighted by Crippen LogP contribution is 2.77. The second-order valence-corrected chi connectivity index (χ2v) is 8.03. The molecule has 0 radical (unpaired) electrons. The van der Waals surface area contributed by atoms with Crippen molar-refractivity contribution in [2.24, 2.45) is 23.0 Å². The van der Waals surface area contributed by atoms with Gasteiger partial charge in [-0.1, -0.05) is 6.07 Å². The van der Waals surface area contributed by atoms with E-state index in [0.29, 0.717) is 11.1 Å². The Labute approximate surface area is 124 Å². The van der Waals surface area contributed by atoms with Crippen LogP contribution in [0.15, 0.2) is 24.4 Å². The minimum atomic E-state index is -0.0493. The van der Waals surface area contributed by atoms with Crippen LogP contribution >= 0.6 is 0 Å². The van der Waals surface area contributed by atoms with E-state index in [1.807, 2.05) is 12.1 Å². The summed E-state index contributed by atoms with van der Waals surface area (Å²) >= 11 is 0. The standard InChI is InChI=1S/C17H21N3O/c18-15-6-11-5-12-8-17(10-15,16(12,7-11)9-15)20-14(21)13-3-1-2-4-19-13/h1-4,11-12H,5-10,18H2,(H,20,21)/t11?,12?,15-,16?,17+/m0/s1. The summed E-state index contributed by atoms with van der Waals surface area (Å²) in [5, 5.41) is 3.37. The molecule has 5 rings (SSSR count). The number of nitrogens with zero attached hydrogens (tertiary/aromatic N) is 1. The van der Waals surface area contributed by atoms with Crippen molar-refractivity contribution in [3.05, 3.63) is 30.1 Å². The van der Waals surface area contributed by atoms with Crippen molar-refractivity contribution in [3.63, 3.8) is 0 Å². The fourth-order valence-electron chi connectivity index (χ4n) is 6.55. The van der Waals surface area contributed by atoms with Crippen molar-refractivity contribution in [3.8, 4) is 0 Å². The van der Waals surface area contributed by atoms with E-state index in [2.05, 4.69) is 10.3 Å². The quantitative estimate of drug-likeness (QED) is 0.870. The van der Waals surface area contributed by atoms with Gasteiger partial charge in [0.25, 0.3) is 5.91 Å². The van der Waals surface area contributed by atoms with E-state index >= 15 is 0 Å². The summed E-state index contributed by atoms with van der Waals surface area (Å²) in [6, 6.07) is 5.49. The molecule has 3 N–H and O–H groups in total. The molecule has 1 aromatic heterocycles. The molecule has 4 saturated carbocycles. The Morgan fingerprint density at radius 1 is 1.29 bits per heavy atom. The van der Waals surface area contributed by atoms with Crippen molar-refractivity contribution >= 4 is 5.91 Å². The maximum Gasteiger partial charge on any atom is 0.270 e. The zero-order valence-electron chi connectivity index (χ0n) is 12.1. The van der Waals surface area contributed by atoms with Crippen LogP contribution in [0.5, 0.6) is 0 Å². The molecule has 1 heterocycles. The Balaban J connectivity index is 1.49. The molecule has 4 aliphatic rings. The van der Waals surface area contributed by atoms with E-state index in [0.717, 1.165) is 37.5 Å². The van der Waals surface area contributed by atoms with Crippen LogP contribution in [0.1, 0.15) is 49.0 Å². The van der Waals surface area contributed by atoms with Gasteiger partial charge in [-0.15, -0.1) is 0 Å². The lowest BCUT2D eigenvalue weighted by Gasteiger charge is -2.59. The third kappa shape index (κ3) is 1.35. The Morgan fingerprint density at radius 2 is 2.19 bits per heavy atom. The normalized spacial score (nSPS) is 48.8. The number of hydrogen-bond donors (Lipinski definition) is 2. The molecule has 5 atom stereocenters. The van der Waals surface area contributed by atoms with Crippen LogP contribution in [0, 0.1) is 17.3 Å². The van der Waals surface area contributed by atoms with Crippen molar-refractivity contribution in [1.29, 1.82) is 0 Å². The molecule has 4 fully saturated rings. The Kier molecular flexibility index (Phi) is 2.02. The number of hydrogen-bond acceptors (Lipinski definition) is 3. The average molecular weight is 283 g/mol. The highest BCUT2D eigenvalue weighted by molar-refractivity contribution is 5.93. The molecule has 1 aromatic rings. The van der Waals surface area contributed by atoms with Gasteiger partial charge in [-0.3, -0.25) is 9.78 Å². The van der Waals surface area contributed by atoms with Gasteiger partial charge in [0.15, 0.2) is 0 Å². The molecule has 21 heavy (non-hydrogen) atoms. The number of fused-ring (bicyclic) bond motifs is 2. The number of carbonyl (C=O) groups excluding carboxylic acids is 1. The molecule has 1 spiro atoms. The van der Waals surface area contributed by atoms with Gasteiger partial charge in [0.2, 0.25) is 0 Å². The average Bonchev–Trinajstić information content (AvgIpc) is 2.74. The first-order chi connectivity index (χ1) is 10.0. The van der Waals surface area contributed by atoms with Crippen LogP contribution in [0.25, 0.3) is 0 Å². The van der Waals surface area contributed by atoms with Crippen LogP contribution in [-0.2, 0) is 0 Å². The van der Waals surface area contributed by atoms with E-state index in [1.165, 1.54) is 12.8 Å². The highest BCUT2D eigenvalue weighted by Gasteiger charge is 2.77. The van der Waals surface area contributed by atoms with Crippen LogP contribution in [-0.4, -0.2) is 22.0 Å². The summed E-state index contributed by atoms with van der Waals surface area (Å²) in [7, 11) is 0. The van der Waals surface area contributed by atoms with E-state index in [9.17, 15) is 4.79 Å². The molecule has 0 saturated heterocycles. The number of nitrogens with one attached hydrogen (secondary N) is 1. The van der Waals surface area contributed by atoms with Gasteiger partial charge in [-0.05, 0) is 67.9 Å². The molecule has 4 nitrogen and oxygen atoms in total. The maximum absolute atomic E-state index is 12.6. The van der Waals surface area contributed by atoms with Crippen molar-refractivity contribution < 1.29 is 4.79 Å². The fourth-order valence-corrected chi connectivity index (χ4v) is 6.55. The molecule has 4 aliphatic carbocycles. The summed E-state index contributed by atoms with van der Waals surface area (Å²) in [5.41, 5.74) is 7.40. The topological polar surface area (TPSA) is 68.0 Å². The van der Waals surface area contributed by atoms with Gasteiger partial charge in [0, 0.05) is 17.3 Å². The number of carbonyl (C=O) groups is 1. The van der Waals surface area contributed by atoms with E-state index in [4.69, 9.17) is 5.73 Å². The molecule has 4 heteroatoms. The van der Waals surface area contributed by atoms with Gasteiger partial charge < -0.3 is 11.1 Å². The Bertz CT molecular complexity index is 632. The predicted octanol–water partition coefficient (Wildman–Crippen LogP) is 1.86. The van der Waals surface area contributed by atoms with Gasteiger partial charge in [0.1, 0.15) is 5.69 Å². The monoisotopic (exact) mass is 283 g/mol. The van der Waals surface area contributed by atoms with Crippen molar-refractivity contribution in [2.45, 2.75) is 49.6 Å². The molecule has 110 valence electrons. The highest BCUT2D eigenvalue weighted by atomic mass is 16.2. The molecule has 3 unspecified atom stereocenters. The molecular formula is C17H21N3O. The van der Waals surface area contributed by atoms with Gasteiger partial charge in [-0.2, -0.15) is 0 Å². The summed E-state index contributed by atoms with van der Waals surface area (Å²) in [4.78, 5) is 16.8. The molecule has 0 aliphatic heterocycles. The van der Waals surface area contributed by atoms with Crippen molar-refractivity contribution in [1.82, 2.24) is 10.3 Å². The predicted molar refractivity (Wildman–Crippen MR) is 78.5 cm³/mol. The maximum atomic E-state index is 12.6. The van der Waals surface area contributed by atoms with E-state index in [1.54, 1.807) is 12.3 Å². The second-order valence-electron chi connectivity index (χ2n) is 8.03. The van der Waals surface area contributed by atoms with Gasteiger partial charge in [-0.25, -0.2) is 0 Å². The van der Waals surface area contributed by atoms with Gasteiger partial charge >= 0.3 is 0 Å². The smallest absolute Gasteiger partial charge is 0.270 e. The van der Waals surface area contributed by atoms with Gasteiger partial charge in [0.05, 0.1) is 0 Å². The third-order valence-electron chi connectivity index (χ3n) is 6.87. The lowest BCUT2D eigenvalue weighted by Crippen LogP contribution is -2.67. The minimum absolute atomic E-state index is 0.0250. The second kappa shape index (κ2) is 3.49. The number of aromatic nitrogens is 1. The van der Waals surface area contributed by atoms with Crippen molar-refractivity contribution in [2.75, 3.05) is 0 Å². The zero-order valence-corrected chi connectivity index (χ0v) is 12.1. The molecular weight excluding hydrogens is 262 g/mol. The summed E-state index contributed by atoms with van der Waals surface area (Å²) in [6.45, 7) is 0. The van der Waals surface area contributed by atoms with Crippen LogP contribution in [0.4, 0.5) is 0 Å². The molecule has 1 amide bonds. The van der Waals surface area contributed by atoms with Crippen LogP contribution in [0.3, 0.4) is 0 Å². The van der Waals surface area contributed by atoms with Crippen LogP contribution < -0.4 is 11.1 Å². The number of rotatable bonds is 2. The molecule has 3 bridgehead atoms. The first kappa shape index (κ1) is 12.2.